The molecule has 1 heterocycles. The van der Waals surface area contributed by atoms with Gasteiger partial charge in [-0.2, -0.15) is 0 Å². The molecule has 0 radical (unpaired) electrons. The molecule has 0 spiro atoms. The summed E-state index contributed by atoms with van der Waals surface area (Å²) < 4.78 is 5.41. The average molecular weight is 311 g/mol. The van der Waals surface area contributed by atoms with Crippen LogP contribution in [0.25, 0.3) is 0 Å². The number of likely N-dealkylation sites (N-methyl/N-ethyl adjacent to an activating group) is 1. The van der Waals surface area contributed by atoms with Gasteiger partial charge in [0.2, 0.25) is 5.91 Å². The normalized spacial score (nSPS) is 18.7. The second kappa shape index (κ2) is 6.91. The first-order chi connectivity index (χ1) is 10.0. The van der Waals surface area contributed by atoms with Crippen molar-refractivity contribution in [2.45, 2.75) is 26.4 Å². The van der Waals surface area contributed by atoms with Crippen LogP contribution in [0.4, 0.5) is 5.69 Å². The smallest absolute Gasteiger partial charge is 0.252 e. The van der Waals surface area contributed by atoms with Gasteiger partial charge in [-0.25, -0.2) is 0 Å². The Labute approximate surface area is 129 Å². The van der Waals surface area contributed by atoms with Crippen molar-refractivity contribution in [1.29, 1.82) is 0 Å². The number of nitrogens with zero attached hydrogens (tertiary/aromatic N) is 1. The predicted octanol–water partition coefficient (Wildman–Crippen LogP) is 2.22. The zero-order chi connectivity index (χ0) is 15.4. The van der Waals surface area contributed by atoms with Crippen molar-refractivity contribution in [2.75, 3.05) is 25.0 Å². The lowest BCUT2D eigenvalue weighted by Crippen LogP contribution is -2.48. The molecule has 0 bridgehead atoms. The molecule has 1 aliphatic rings. The average Bonchev–Trinajstić information content (AvgIpc) is 2.46. The molecule has 0 unspecified atom stereocenters. The summed E-state index contributed by atoms with van der Waals surface area (Å²) in [5.74, 6) is -0.376. The Kier molecular flexibility index (Phi) is 5.20. The van der Waals surface area contributed by atoms with Crippen LogP contribution in [0.2, 0.25) is 5.02 Å². The van der Waals surface area contributed by atoms with Gasteiger partial charge in [-0.1, -0.05) is 17.7 Å². The van der Waals surface area contributed by atoms with Crippen molar-refractivity contribution in [3.05, 3.63) is 28.8 Å². The summed E-state index contributed by atoms with van der Waals surface area (Å²) in [4.78, 5) is 25.8. The van der Waals surface area contributed by atoms with Crippen LogP contribution in [0.3, 0.4) is 0 Å². The summed E-state index contributed by atoms with van der Waals surface area (Å²) in [6.45, 7) is 5.43. The third-order valence-corrected chi connectivity index (χ3v) is 3.97. The number of halogens is 1. The third kappa shape index (κ3) is 3.74. The van der Waals surface area contributed by atoms with Crippen LogP contribution in [-0.4, -0.2) is 42.5 Å². The monoisotopic (exact) mass is 310 g/mol. The quantitative estimate of drug-likeness (QED) is 0.927. The van der Waals surface area contributed by atoms with Gasteiger partial charge in [0.1, 0.15) is 6.10 Å². The van der Waals surface area contributed by atoms with Crippen molar-refractivity contribution < 1.29 is 14.3 Å². The van der Waals surface area contributed by atoms with E-state index in [2.05, 4.69) is 5.32 Å². The zero-order valence-corrected chi connectivity index (χ0v) is 12.9. The molecular formula is C15H19ClN2O3. The summed E-state index contributed by atoms with van der Waals surface area (Å²) in [5.41, 5.74) is 1.46. The molecule has 1 aliphatic heterocycles. The van der Waals surface area contributed by atoms with Gasteiger partial charge in [0, 0.05) is 23.8 Å². The molecule has 0 aliphatic carbocycles. The topological polar surface area (TPSA) is 58.6 Å². The van der Waals surface area contributed by atoms with Crippen molar-refractivity contribution in [3.8, 4) is 0 Å². The molecular weight excluding hydrogens is 292 g/mol. The number of nitrogens with one attached hydrogen (secondary N) is 1. The van der Waals surface area contributed by atoms with Crippen LogP contribution in [0.5, 0.6) is 0 Å². The van der Waals surface area contributed by atoms with Crippen LogP contribution in [-0.2, 0) is 14.3 Å². The van der Waals surface area contributed by atoms with E-state index in [1.54, 1.807) is 23.1 Å². The van der Waals surface area contributed by atoms with E-state index in [-0.39, 0.29) is 18.2 Å². The van der Waals surface area contributed by atoms with E-state index >= 15 is 0 Å². The first kappa shape index (κ1) is 15.8. The SMILES string of the molecule is CCN1CCO[C@@H](CC(=O)Nc2cccc(Cl)c2C)C1=O. The maximum Gasteiger partial charge on any atom is 0.252 e. The highest BCUT2D eigenvalue weighted by molar-refractivity contribution is 6.31. The standard InChI is InChI=1S/C15H19ClN2O3/c1-3-18-7-8-21-13(15(18)20)9-14(19)17-12-6-4-5-11(16)10(12)2/h4-6,13H,3,7-9H2,1-2H3,(H,17,19)/t13-/m0/s1. The predicted molar refractivity (Wildman–Crippen MR) is 81.4 cm³/mol. The number of anilines is 1. The molecule has 5 nitrogen and oxygen atoms in total. The minimum Gasteiger partial charge on any atom is -0.366 e. The van der Waals surface area contributed by atoms with Gasteiger partial charge in [-0.05, 0) is 31.5 Å². The number of hydrogen-bond donors (Lipinski definition) is 1. The Morgan fingerprint density at radius 3 is 3.00 bits per heavy atom. The summed E-state index contributed by atoms with van der Waals surface area (Å²) in [5, 5.41) is 3.37. The molecule has 0 saturated carbocycles. The fraction of sp³-hybridized carbons (Fsp3) is 0.467. The van der Waals surface area contributed by atoms with Crippen LogP contribution in [0.1, 0.15) is 18.9 Å². The van der Waals surface area contributed by atoms with Gasteiger partial charge in [0.15, 0.2) is 0 Å². The van der Waals surface area contributed by atoms with Gasteiger partial charge >= 0.3 is 0 Å². The number of benzene rings is 1. The van der Waals surface area contributed by atoms with Crippen molar-refractivity contribution in [1.82, 2.24) is 4.90 Å². The molecule has 1 saturated heterocycles. The van der Waals surface area contributed by atoms with E-state index in [9.17, 15) is 9.59 Å². The first-order valence-corrected chi connectivity index (χ1v) is 7.36. The lowest BCUT2D eigenvalue weighted by molar-refractivity contribution is -0.154. The Hall–Kier alpha value is -1.59. The minimum atomic E-state index is -0.696. The van der Waals surface area contributed by atoms with E-state index in [1.165, 1.54) is 0 Å². The van der Waals surface area contributed by atoms with Gasteiger partial charge in [0.05, 0.1) is 13.0 Å². The molecule has 1 fully saturated rings. The summed E-state index contributed by atoms with van der Waals surface area (Å²) in [6.07, 6.45) is -0.681. The molecule has 21 heavy (non-hydrogen) atoms. The van der Waals surface area contributed by atoms with Gasteiger partial charge in [0.25, 0.3) is 5.91 Å². The van der Waals surface area contributed by atoms with Crippen molar-refractivity contribution >= 4 is 29.1 Å². The van der Waals surface area contributed by atoms with E-state index in [1.807, 2.05) is 13.8 Å². The number of hydrogen-bond acceptors (Lipinski definition) is 3. The number of morpholine rings is 1. The number of ether oxygens (including phenoxy) is 1. The van der Waals surface area contributed by atoms with E-state index in [0.29, 0.717) is 30.4 Å². The lowest BCUT2D eigenvalue weighted by Gasteiger charge is -2.31. The molecule has 114 valence electrons. The molecule has 1 aromatic carbocycles. The van der Waals surface area contributed by atoms with Crippen molar-refractivity contribution in [3.63, 3.8) is 0 Å². The summed E-state index contributed by atoms with van der Waals surface area (Å²) in [7, 11) is 0. The molecule has 1 aromatic rings. The maximum atomic E-state index is 12.1. The van der Waals surface area contributed by atoms with Crippen LogP contribution in [0, 0.1) is 6.92 Å². The minimum absolute atomic E-state index is 0.0152. The van der Waals surface area contributed by atoms with Crippen LogP contribution >= 0.6 is 11.6 Å². The fourth-order valence-electron chi connectivity index (χ4n) is 2.26. The second-order valence-corrected chi connectivity index (χ2v) is 5.35. The van der Waals surface area contributed by atoms with E-state index in [4.69, 9.17) is 16.3 Å². The van der Waals surface area contributed by atoms with Crippen molar-refractivity contribution in [2.24, 2.45) is 0 Å². The first-order valence-electron chi connectivity index (χ1n) is 6.98. The molecule has 2 amide bonds. The Morgan fingerprint density at radius 1 is 1.52 bits per heavy atom. The fourth-order valence-corrected chi connectivity index (χ4v) is 2.44. The molecule has 0 aromatic heterocycles. The highest BCUT2D eigenvalue weighted by Gasteiger charge is 2.30. The largest absolute Gasteiger partial charge is 0.366 e. The summed E-state index contributed by atoms with van der Waals surface area (Å²) in [6, 6.07) is 5.31. The molecule has 1 atom stereocenters. The highest BCUT2D eigenvalue weighted by Crippen LogP contribution is 2.23. The maximum absolute atomic E-state index is 12.1. The van der Waals surface area contributed by atoms with E-state index < -0.39 is 6.10 Å². The van der Waals surface area contributed by atoms with Crippen LogP contribution in [0.15, 0.2) is 18.2 Å². The van der Waals surface area contributed by atoms with Gasteiger partial charge in [-0.3, -0.25) is 9.59 Å². The number of amides is 2. The Balaban J connectivity index is 1.98. The van der Waals surface area contributed by atoms with Gasteiger partial charge in [-0.15, -0.1) is 0 Å². The molecule has 6 heteroatoms. The lowest BCUT2D eigenvalue weighted by atomic mass is 10.1. The number of rotatable bonds is 4. The van der Waals surface area contributed by atoms with Gasteiger partial charge < -0.3 is 15.0 Å². The molecule has 1 N–H and O–H groups in total. The zero-order valence-electron chi connectivity index (χ0n) is 12.2. The third-order valence-electron chi connectivity index (χ3n) is 3.56. The Bertz CT molecular complexity index is 548. The highest BCUT2D eigenvalue weighted by atomic mass is 35.5. The second-order valence-electron chi connectivity index (χ2n) is 4.94. The number of carbonyl (C=O) groups is 2. The Morgan fingerprint density at radius 2 is 2.29 bits per heavy atom. The van der Waals surface area contributed by atoms with E-state index in [0.717, 1.165) is 5.56 Å². The molecule has 2 rings (SSSR count). The number of carbonyl (C=O) groups excluding carboxylic acids is 2. The van der Waals surface area contributed by atoms with Crippen LogP contribution < -0.4 is 5.32 Å². The summed E-state index contributed by atoms with van der Waals surface area (Å²) >= 11 is 6.01.